The predicted octanol–water partition coefficient (Wildman–Crippen LogP) is 4.07. The highest BCUT2D eigenvalue weighted by Crippen LogP contribution is 2.66. The Hall–Kier alpha value is -1.39. The molecule has 5 heteroatoms. The van der Waals surface area contributed by atoms with Crippen molar-refractivity contribution in [2.45, 2.75) is 91.3 Å². The lowest BCUT2D eigenvalue weighted by Gasteiger charge is -2.60. The number of rotatable bonds is 2. The second-order valence-electron chi connectivity index (χ2n) is 10.4. The van der Waals surface area contributed by atoms with Crippen LogP contribution in [0.5, 0.6) is 0 Å². The second kappa shape index (κ2) is 6.84. The number of carbonyl (C=O) groups is 3. The molecule has 0 heterocycles. The van der Waals surface area contributed by atoms with E-state index >= 15 is 0 Å². The van der Waals surface area contributed by atoms with Crippen LogP contribution in [-0.4, -0.2) is 29.9 Å². The van der Waals surface area contributed by atoms with Gasteiger partial charge in [-0.25, -0.2) is 0 Å². The Bertz CT molecular complexity index is 686. The zero-order valence-corrected chi connectivity index (χ0v) is 17.7. The van der Waals surface area contributed by atoms with Crippen molar-refractivity contribution in [1.82, 2.24) is 0 Å². The Morgan fingerprint density at radius 3 is 2.25 bits per heavy atom. The van der Waals surface area contributed by atoms with Crippen LogP contribution in [0, 0.1) is 34.5 Å². The maximum atomic E-state index is 12.8. The highest BCUT2D eigenvalue weighted by molar-refractivity contribution is 5.86. The summed E-state index contributed by atoms with van der Waals surface area (Å²) >= 11 is 0. The molecular weight excluding hydrogens is 356 g/mol. The lowest BCUT2D eigenvalue weighted by molar-refractivity contribution is -0.174. The Labute approximate surface area is 167 Å². The van der Waals surface area contributed by atoms with Gasteiger partial charge in [0.2, 0.25) is 0 Å². The van der Waals surface area contributed by atoms with E-state index in [1.54, 1.807) is 0 Å². The van der Waals surface area contributed by atoms with Gasteiger partial charge < -0.3 is 9.47 Å². The third-order valence-corrected chi connectivity index (χ3v) is 9.01. The van der Waals surface area contributed by atoms with E-state index < -0.39 is 6.10 Å². The largest absolute Gasteiger partial charge is 0.462 e. The molecule has 156 valence electrons. The summed E-state index contributed by atoms with van der Waals surface area (Å²) in [5, 5.41) is 0. The molecular formula is C23H34O5. The van der Waals surface area contributed by atoms with Crippen LogP contribution in [0.2, 0.25) is 0 Å². The molecule has 0 saturated heterocycles. The van der Waals surface area contributed by atoms with Gasteiger partial charge in [-0.3, -0.25) is 14.4 Å². The number of Topliss-reactive ketones (excluding diaryl/α,β-unsaturated/α-hetero) is 1. The summed E-state index contributed by atoms with van der Waals surface area (Å²) in [6.45, 7) is 7.55. The van der Waals surface area contributed by atoms with E-state index in [0.717, 1.165) is 32.1 Å². The molecule has 0 unspecified atom stereocenters. The average molecular weight is 391 g/mol. The number of fused-ring (bicyclic) bond motifs is 5. The van der Waals surface area contributed by atoms with Crippen LogP contribution in [0.15, 0.2) is 0 Å². The molecule has 4 aliphatic carbocycles. The van der Waals surface area contributed by atoms with Crippen LogP contribution >= 0.6 is 0 Å². The highest BCUT2D eigenvalue weighted by atomic mass is 16.5. The lowest BCUT2D eigenvalue weighted by Crippen LogP contribution is -2.56. The molecule has 28 heavy (non-hydrogen) atoms. The molecule has 0 radical (unpaired) electrons. The Balaban J connectivity index is 1.55. The van der Waals surface area contributed by atoms with Crippen LogP contribution in [0.4, 0.5) is 0 Å². The summed E-state index contributed by atoms with van der Waals surface area (Å²) in [5.41, 5.74) is 0.0898. The summed E-state index contributed by atoms with van der Waals surface area (Å²) in [5.74, 6) is 1.76. The SMILES string of the molecule is CC(=O)O[C@H]1CC[C@H]2[C@@H]3CC[C@H]4C[C@@H](OC(C)=O)C(=O)C[C@]4(C)[C@H]3CC[C@]12C. The number of esters is 2. The highest BCUT2D eigenvalue weighted by Gasteiger charge is 2.62. The number of ether oxygens (including phenoxy) is 2. The van der Waals surface area contributed by atoms with Crippen LogP contribution in [-0.2, 0) is 23.9 Å². The van der Waals surface area contributed by atoms with Gasteiger partial charge in [-0.1, -0.05) is 13.8 Å². The van der Waals surface area contributed by atoms with Gasteiger partial charge in [0.25, 0.3) is 0 Å². The smallest absolute Gasteiger partial charge is 0.303 e. The summed E-state index contributed by atoms with van der Waals surface area (Å²) in [7, 11) is 0. The average Bonchev–Trinajstić information content (AvgIpc) is 2.91. The normalized spacial score (nSPS) is 47.5. The van der Waals surface area contributed by atoms with Crippen molar-refractivity contribution < 1.29 is 23.9 Å². The molecule has 0 aliphatic heterocycles. The third kappa shape index (κ3) is 3.00. The first kappa shape index (κ1) is 19.9. The zero-order valence-electron chi connectivity index (χ0n) is 17.7. The van der Waals surface area contributed by atoms with Crippen molar-refractivity contribution in [2.24, 2.45) is 34.5 Å². The van der Waals surface area contributed by atoms with Crippen LogP contribution in [0.3, 0.4) is 0 Å². The number of hydrogen-bond acceptors (Lipinski definition) is 5. The quantitative estimate of drug-likeness (QED) is 0.665. The van der Waals surface area contributed by atoms with E-state index in [0.29, 0.717) is 36.5 Å². The van der Waals surface area contributed by atoms with Crippen molar-refractivity contribution in [3.8, 4) is 0 Å². The molecule has 4 saturated carbocycles. The molecule has 5 nitrogen and oxygen atoms in total. The molecule has 0 N–H and O–H groups in total. The molecule has 0 amide bonds. The molecule has 4 fully saturated rings. The molecule has 0 bridgehead atoms. The summed E-state index contributed by atoms with van der Waals surface area (Å²) in [6, 6.07) is 0. The van der Waals surface area contributed by atoms with Crippen molar-refractivity contribution in [3.05, 3.63) is 0 Å². The lowest BCUT2D eigenvalue weighted by atomic mass is 9.45. The number of hydrogen-bond donors (Lipinski definition) is 0. The summed E-state index contributed by atoms with van der Waals surface area (Å²) in [6.07, 6.45) is 7.28. The summed E-state index contributed by atoms with van der Waals surface area (Å²) in [4.78, 5) is 35.8. The van der Waals surface area contributed by atoms with Crippen molar-refractivity contribution >= 4 is 17.7 Å². The monoisotopic (exact) mass is 390 g/mol. The molecule has 8 atom stereocenters. The van der Waals surface area contributed by atoms with Gasteiger partial charge in [-0.05, 0) is 74.0 Å². The molecule has 0 aromatic heterocycles. The Kier molecular flexibility index (Phi) is 4.86. The van der Waals surface area contributed by atoms with Gasteiger partial charge in [0.15, 0.2) is 11.9 Å². The van der Waals surface area contributed by atoms with Crippen molar-refractivity contribution in [1.29, 1.82) is 0 Å². The van der Waals surface area contributed by atoms with E-state index in [1.165, 1.54) is 20.3 Å². The fourth-order valence-electron chi connectivity index (χ4n) is 7.74. The fraction of sp³-hybridized carbons (Fsp3) is 0.870. The third-order valence-electron chi connectivity index (χ3n) is 9.01. The number of carbonyl (C=O) groups excluding carboxylic acids is 3. The molecule has 4 rings (SSSR count). The zero-order chi connectivity index (χ0) is 20.3. The minimum Gasteiger partial charge on any atom is -0.462 e. The molecule has 0 spiro atoms. The minimum atomic E-state index is -0.541. The Morgan fingerprint density at radius 2 is 1.57 bits per heavy atom. The fourth-order valence-corrected chi connectivity index (χ4v) is 7.74. The first-order valence-corrected chi connectivity index (χ1v) is 11.0. The predicted molar refractivity (Wildman–Crippen MR) is 103 cm³/mol. The van der Waals surface area contributed by atoms with E-state index in [-0.39, 0.29) is 34.7 Å². The van der Waals surface area contributed by atoms with E-state index in [4.69, 9.17) is 9.47 Å². The maximum Gasteiger partial charge on any atom is 0.303 e. The molecule has 0 aromatic rings. The number of ketones is 1. The topological polar surface area (TPSA) is 69.7 Å². The first-order chi connectivity index (χ1) is 13.1. The molecule has 0 aromatic carbocycles. The van der Waals surface area contributed by atoms with Crippen LogP contribution < -0.4 is 0 Å². The maximum absolute atomic E-state index is 12.8. The van der Waals surface area contributed by atoms with Crippen LogP contribution in [0.25, 0.3) is 0 Å². The standard InChI is InChI=1S/C23H34O5/c1-13(24)27-20-11-15-5-6-16-17-7-8-21(28-14(2)25)22(17,3)10-9-18(16)23(15,4)12-19(20)26/h15-18,20-21H,5-12H2,1-4H3/t15-,16-,17-,18-,20+,21-,22-,23-/m0/s1. The van der Waals surface area contributed by atoms with E-state index in [1.807, 2.05) is 0 Å². The van der Waals surface area contributed by atoms with Gasteiger partial charge in [0.1, 0.15) is 6.10 Å². The Morgan fingerprint density at radius 1 is 0.893 bits per heavy atom. The van der Waals surface area contributed by atoms with E-state index in [9.17, 15) is 14.4 Å². The van der Waals surface area contributed by atoms with Crippen LogP contribution in [0.1, 0.15) is 79.1 Å². The summed E-state index contributed by atoms with van der Waals surface area (Å²) < 4.78 is 11.1. The van der Waals surface area contributed by atoms with Gasteiger partial charge in [0.05, 0.1) is 0 Å². The second-order valence-corrected chi connectivity index (χ2v) is 10.4. The molecule has 4 aliphatic rings. The van der Waals surface area contributed by atoms with Gasteiger partial charge in [-0.2, -0.15) is 0 Å². The van der Waals surface area contributed by atoms with Gasteiger partial charge in [-0.15, -0.1) is 0 Å². The van der Waals surface area contributed by atoms with Crippen molar-refractivity contribution in [3.63, 3.8) is 0 Å². The van der Waals surface area contributed by atoms with Crippen molar-refractivity contribution in [2.75, 3.05) is 0 Å². The van der Waals surface area contributed by atoms with Gasteiger partial charge in [0, 0.05) is 25.7 Å². The minimum absolute atomic E-state index is 0.0114. The van der Waals surface area contributed by atoms with E-state index in [2.05, 4.69) is 13.8 Å². The van der Waals surface area contributed by atoms with Gasteiger partial charge >= 0.3 is 11.9 Å². The first-order valence-electron chi connectivity index (χ1n) is 11.0.